The lowest BCUT2D eigenvalue weighted by molar-refractivity contribution is -0.137. The van der Waals surface area contributed by atoms with Crippen molar-refractivity contribution in [3.05, 3.63) is 93.5 Å². The molecular weight excluding hydrogens is 447 g/mol. The number of allylic oxidation sites excluding steroid dienone is 1. The Balaban J connectivity index is 1.33. The molecule has 2 N–H and O–H groups in total. The first-order valence-corrected chi connectivity index (χ1v) is 10.8. The molecule has 176 valence electrons. The maximum atomic E-state index is 12.7. The standard InChI is InChI=1S/C25H22F3N3O3/c26-25(27,28)19-7-11-23(30-15-19)34-21-3-1-2-17(13-21)12-16-4-8-20(9-5-16)31-24(33)18-6-10-22(32)29-14-18/h1-3,6-7,10-15,20H,4-5,8-9H2,(H,29,32)(H,31,33). The Morgan fingerprint density at radius 3 is 2.56 bits per heavy atom. The van der Waals surface area contributed by atoms with Crippen LogP contribution < -0.4 is 15.6 Å². The third-order valence-electron chi connectivity index (χ3n) is 5.52. The summed E-state index contributed by atoms with van der Waals surface area (Å²) >= 11 is 0. The molecule has 1 amide bonds. The summed E-state index contributed by atoms with van der Waals surface area (Å²) in [6, 6.07) is 12.2. The third-order valence-corrected chi connectivity index (χ3v) is 5.52. The molecule has 1 aliphatic rings. The summed E-state index contributed by atoms with van der Waals surface area (Å²) in [6.07, 6.45) is 3.01. The van der Waals surface area contributed by atoms with E-state index in [4.69, 9.17) is 4.74 Å². The molecule has 1 aromatic carbocycles. The maximum Gasteiger partial charge on any atom is 0.417 e. The van der Waals surface area contributed by atoms with Crippen LogP contribution in [-0.2, 0) is 6.18 Å². The highest BCUT2D eigenvalue weighted by Crippen LogP contribution is 2.31. The smallest absolute Gasteiger partial charge is 0.417 e. The largest absolute Gasteiger partial charge is 0.439 e. The van der Waals surface area contributed by atoms with Gasteiger partial charge in [-0.3, -0.25) is 9.59 Å². The number of rotatable bonds is 5. The lowest BCUT2D eigenvalue weighted by atomic mass is 9.89. The van der Waals surface area contributed by atoms with Gasteiger partial charge in [-0.1, -0.05) is 23.8 Å². The van der Waals surface area contributed by atoms with Crippen molar-refractivity contribution in [1.29, 1.82) is 0 Å². The number of aromatic nitrogens is 2. The number of hydrogen-bond donors (Lipinski definition) is 2. The number of carbonyl (C=O) groups is 1. The van der Waals surface area contributed by atoms with Crippen molar-refractivity contribution in [2.24, 2.45) is 0 Å². The highest BCUT2D eigenvalue weighted by atomic mass is 19.4. The van der Waals surface area contributed by atoms with E-state index in [0.717, 1.165) is 43.5 Å². The number of nitrogens with one attached hydrogen (secondary N) is 2. The molecule has 0 bridgehead atoms. The summed E-state index contributed by atoms with van der Waals surface area (Å²) in [5, 5.41) is 3.00. The van der Waals surface area contributed by atoms with Crippen LogP contribution in [0.1, 0.15) is 47.2 Å². The van der Waals surface area contributed by atoms with Gasteiger partial charge in [0.05, 0.1) is 11.1 Å². The monoisotopic (exact) mass is 469 g/mol. The molecule has 0 aliphatic heterocycles. The molecule has 34 heavy (non-hydrogen) atoms. The molecule has 1 aliphatic carbocycles. The maximum absolute atomic E-state index is 12.7. The van der Waals surface area contributed by atoms with Gasteiger partial charge in [0.1, 0.15) is 5.75 Å². The van der Waals surface area contributed by atoms with Crippen LogP contribution >= 0.6 is 0 Å². The second kappa shape index (κ2) is 9.94. The van der Waals surface area contributed by atoms with Crippen molar-refractivity contribution in [2.45, 2.75) is 37.9 Å². The van der Waals surface area contributed by atoms with Crippen LogP contribution in [0.2, 0.25) is 0 Å². The second-order valence-electron chi connectivity index (χ2n) is 8.05. The molecule has 1 saturated carbocycles. The number of halogens is 3. The van der Waals surface area contributed by atoms with E-state index in [9.17, 15) is 22.8 Å². The molecule has 2 heterocycles. The summed E-state index contributed by atoms with van der Waals surface area (Å²) < 4.78 is 43.6. The van der Waals surface area contributed by atoms with E-state index in [1.165, 1.54) is 30.0 Å². The Morgan fingerprint density at radius 1 is 1.12 bits per heavy atom. The van der Waals surface area contributed by atoms with Crippen LogP contribution in [0.15, 0.2) is 71.3 Å². The fourth-order valence-electron chi connectivity index (χ4n) is 3.73. The topological polar surface area (TPSA) is 84.1 Å². The molecule has 0 spiro atoms. The number of ether oxygens (including phenoxy) is 1. The van der Waals surface area contributed by atoms with Crippen molar-refractivity contribution in [1.82, 2.24) is 15.3 Å². The highest BCUT2D eigenvalue weighted by molar-refractivity contribution is 5.94. The van der Waals surface area contributed by atoms with Crippen molar-refractivity contribution in [2.75, 3.05) is 0 Å². The van der Waals surface area contributed by atoms with E-state index in [1.807, 2.05) is 12.1 Å². The molecule has 0 unspecified atom stereocenters. The minimum absolute atomic E-state index is 0.0528. The minimum Gasteiger partial charge on any atom is -0.439 e. The van der Waals surface area contributed by atoms with Crippen LogP contribution in [0.25, 0.3) is 6.08 Å². The Morgan fingerprint density at radius 2 is 1.91 bits per heavy atom. The van der Waals surface area contributed by atoms with Crippen molar-refractivity contribution in [3.8, 4) is 11.6 Å². The zero-order chi connectivity index (χ0) is 24.1. The van der Waals surface area contributed by atoms with E-state index in [1.54, 1.807) is 12.1 Å². The van der Waals surface area contributed by atoms with Gasteiger partial charge in [0, 0.05) is 30.6 Å². The van der Waals surface area contributed by atoms with Gasteiger partial charge in [-0.05, 0) is 55.5 Å². The number of carbonyl (C=O) groups excluding carboxylic acids is 1. The summed E-state index contributed by atoms with van der Waals surface area (Å²) in [5.41, 5.74) is 1.48. The summed E-state index contributed by atoms with van der Waals surface area (Å²) in [7, 11) is 0. The van der Waals surface area contributed by atoms with Crippen LogP contribution in [-0.4, -0.2) is 21.9 Å². The van der Waals surface area contributed by atoms with Gasteiger partial charge in [0.15, 0.2) is 0 Å². The van der Waals surface area contributed by atoms with Gasteiger partial charge >= 0.3 is 6.18 Å². The molecule has 0 saturated heterocycles. The van der Waals surface area contributed by atoms with E-state index >= 15 is 0 Å². The Hall–Kier alpha value is -3.88. The number of benzene rings is 1. The quantitative estimate of drug-likeness (QED) is 0.529. The highest BCUT2D eigenvalue weighted by Gasteiger charge is 2.30. The molecule has 0 atom stereocenters. The summed E-state index contributed by atoms with van der Waals surface area (Å²) in [4.78, 5) is 29.7. The predicted molar refractivity (Wildman–Crippen MR) is 121 cm³/mol. The number of hydrogen-bond acceptors (Lipinski definition) is 4. The van der Waals surface area contributed by atoms with Crippen LogP contribution in [0.3, 0.4) is 0 Å². The summed E-state index contributed by atoms with van der Waals surface area (Å²) in [6.45, 7) is 0. The van der Waals surface area contributed by atoms with E-state index in [0.29, 0.717) is 11.3 Å². The Bertz CT molecular complexity index is 1220. The number of pyridine rings is 2. The average molecular weight is 469 g/mol. The molecule has 4 rings (SSSR count). The van der Waals surface area contributed by atoms with Gasteiger partial charge in [-0.2, -0.15) is 13.2 Å². The number of H-pyrrole nitrogens is 1. The first-order valence-electron chi connectivity index (χ1n) is 10.8. The van der Waals surface area contributed by atoms with Gasteiger partial charge in [0.25, 0.3) is 5.91 Å². The SMILES string of the molecule is O=C(NC1CCC(=Cc2cccc(Oc3ccc(C(F)(F)F)cn3)c2)CC1)c1ccc(=O)[nH]c1. The molecule has 1 fully saturated rings. The van der Waals surface area contributed by atoms with Crippen LogP contribution in [0, 0.1) is 0 Å². The van der Waals surface area contributed by atoms with Gasteiger partial charge in [0.2, 0.25) is 11.4 Å². The zero-order valence-corrected chi connectivity index (χ0v) is 18.1. The molecule has 0 radical (unpaired) electrons. The average Bonchev–Trinajstić information content (AvgIpc) is 2.81. The third kappa shape index (κ3) is 6.12. The van der Waals surface area contributed by atoms with E-state index in [2.05, 4.69) is 21.4 Å². The summed E-state index contributed by atoms with van der Waals surface area (Å²) in [5.74, 6) is 0.343. The van der Waals surface area contributed by atoms with Crippen molar-refractivity contribution < 1.29 is 22.7 Å². The Labute approximate surface area is 193 Å². The zero-order valence-electron chi connectivity index (χ0n) is 18.1. The number of amides is 1. The first-order chi connectivity index (χ1) is 16.3. The minimum atomic E-state index is -4.44. The molecule has 2 aromatic heterocycles. The van der Waals surface area contributed by atoms with Gasteiger partial charge in [-0.15, -0.1) is 0 Å². The fourth-order valence-corrected chi connectivity index (χ4v) is 3.73. The lowest BCUT2D eigenvalue weighted by Gasteiger charge is -2.25. The Kier molecular flexibility index (Phi) is 6.81. The van der Waals surface area contributed by atoms with Crippen molar-refractivity contribution in [3.63, 3.8) is 0 Å². The van der Waals surface area contributed by atoms with E-state index < -0.39 is 11.7 Å². The van der Waals surface area contributed by atoms with Crippen LogP contribution in [0.5, 0.6) is 11.6 Å². The number of nitrogens with zero attached hydrogens (tertiary/aromatic N) is 1. The second-order valence-corrected chi connectivity index (χ2v) is 8.05. The molecule has 9 heteroatoms. The normalized spacial score (nSPS) is 16.1. The predicted octanol–water partition coefficient (Wildman–Crippen LogP) is 5.34. The van der Waals surface area contributed by atoms with Gasteiger partial charge < -0.3 is 15.0 Å². The number of alkyl halides is 3. The van der Waals surface area contributed by atoms with E-state index in [-0.39, 0.29) is 23.4 Å². The van der Waals surface area contributed by atoms with Crippen LogP contribution in [0.4, 0.5) is 13.2 Å². The number of aromatic amines is 1. The lowest BCUT2D eigenvalue weighted by Crippen LogP contribution is -2.36. The molecular formula is C25H22F3N3O3. The van der Waals surface area contributed by atoms with Crippen molar-refractivity contribution >= 4 is 12.0 Å². The molecule has 3 aromatic rings. The fraction of sp³-hybridized carbons (Fsp3) is 0.240. The first kappa shape index (κ1) is 23.3. The van der Waals surface area contributed by atoms with Gasteiger partial charge in [-0.25, -0.2) is 4.98 Å². The molecule has 6 nitrogen and oxygen atoms in total.